The van der Waals surface area contributed by atoms with Gasteiger partial charge in [0.15, 0.2) is 0 Å². The topological polar surface area (TPSA) is 50.9 Å². The van der Waals surface area contributed by atoms with Crippen LogP contribution in [-0.2, 0) is 6.42 Å². The first-order valence-electron chi connectivity index (χ1n) is 4.99. The largest absolute Gasteiger partial charge is 0.271 e. The Morgan fingerprint density at radius 3 is 2.59 bits per heavy atom. The van der Waals surface area contributed by atoms with Crippen LogP contribution in [0.25, 0.3) is 0 Å². The Hall–Kier alpha value is -0.650. The van der Waals surface area contributed by atoms with Gasteiger partial charge in [-0.05, 0) is 12.1 Å². The summed E-state index contributed by atoms with van der Waals surface area (Å²) in [6.45, 7) is 0. The van der Waals surface area contributed by atoms with Crippen LogP contribution in [-0.4, -0.2) is 4.98 Å². The SMILES string of the molecule is NNC(Cc1cncs1)c1c(Cl)cccc1Cl. The highest BCUT2D eigenvalue weighted by Gasteiger charge is 2.17. The minimum Gasteiger partial charge on any atom is -0.271 e. The van der Waals surface area contributed by atoms with Crippen molar-refractivity contribution < 1.29 is 0 Å². The summed E-state index contributed by atoms with van der Waals surface area (Å²) in [5.74, 6) is 5.58. The van der Waals surface area contributed by atoms with Gasteiger partial charge in [-0.2, -0.15) is 0 Å². The zero-order chi connectivity index (χ0) is 12.3. The van der Waals surface area contributed by atoms with E-state index in [-0.39, 0.29) is 6.04 Å². The molecule has 2 aromatic rings. The van der Waals surface area contributed by atoms with E-state index >= 15 is 0 Å². The third kappa shape index (κ3) is 2.97. The quantitative estimate of drug-likeness (QED) is 0.671. The average Bonchev–Trinajstić information content (AvgIpc) is 2.80. The highest BCUT2D eigenvalue weighted by molar-refractivity contribution is 7.09. The molecule has 0 aliphatic rings. The fraction of sp³-hybridized carbons (Fsp3) is 0.182. The van der Waals surface area contributed by atoms with Gasteiger partial charge in [-0.1, -0.05) is 29.3 Å². The van der Waals surface area contributed by atoms with E-state index in [0.717, 1.165) is 10.4 Å². The summed E-state index contributed by atoms with van der Waals surface area (Å²) < 4.78 is 0. The zero-order valence-corrected chi connectivity index (χ0v) is 11.2. The van der Waals surface area contributed by atoms with Gasteiger partial charge in [-0.3, -0.25) is 16.3 Å². The molecule has 1 unspecified atom stereocenters. The number of thiazole rings is 1. The van der Waals surface area contributed by atoms with Crippen molar-refractivity contribution >= 4 is 34.5 Å². The molecule has 3 N–H and O–H groups in total. The predicted octanol–water partition coefficient (Wildman–Crippen LogP) is 3.20. The van der Waals surface area contributed by atoms with Gasteiger partial charge in [0.2, 0.25) is 0 Å². The molecular formula is C11H11Cl2N3S. The van der Waals surface area contributed by atoms with Crippen LogP contribution >= 0.6 is 34.5 Å². The van der Waals surface area contributed by atoms with Gasteiger partial charge < -0.3 is 0 Å². The van der Waals surface area contributed by atoms with Crippen LogP contribution in [0.15, 0.2) is 29.9 Å². The zero-order valence-electron chi connectivity index (χ0n) is 8.86. The first-order valence-corrected chi connectivity index (χ1v) is 6.63. The van der Waals surface area contributed by atoms with Crippen molar-refractivity contribution in [3.63, 3.8) is 0 Å². The molecule has 17 heavy (non-hydrogen) atoms. The smallest absolute Gasteiger partial charge is 0.0794 e. The van der Waals surface area contributed by atoms with Gasteiger partial charge in [0, 0.05) is 33.1 Å². The van der Waals surface area contributed by atoms with Gasteiger partial charge in [-0.15, -0.1) is 11.3 Å². The summed E-state index contributed by atoms with van der Waals surface area (Å²) in [5, 5.41) is 1.23. The number of halogens is 2. The molecule has 0 amide bonds. The minimum absolute atomic E-state index is 0.114. The average molecular weight is 288 g/mol. The number of nitrogens with two attached hydrogens (primary N) is 1. The predicted molar refractivity (Wildman–Crippen MR) is 72.3 cm³/mol. The molecule has 90 valence electrons. The van der Waals surface area contributed by atoms with Crippen molar-refractivity contribution in [2.45, 2.75) is 12.5 Å². The fourth-order valence-electron chi connectivity index (χ4n) is 1.63. The number of hydrogen-bond acceptors (Lipinski definition) is 4. The highest BCUT2D eigenvalue weighted by atomic mass is 35.5. The molecule has 0 fully saturated rings. The Balaban J connectivity index is 2.29. The van der Waals surface area contributed by atoms with Crippen LogP contribution in [0, 0.1) is 0 Å². The molecular weight excluding hydrogens is 277 g/mol. The maximum atomic E-state index is 6.15. The van der Waals surface area contributed by atoms with Crippen molar-refractivity contribution in [2.75, 3.05) is 0 Å². The van der Waals surface area contributed by atoms with Gasteiger partial charge in [-0.25, -0.2) is 0 Å². The lowest BCUT2D eigenvalue weighted by Gasteiger charge is -2.18. The number of aromatic nitrogens is 1. The second-order valence-electron chi connectivity index (χ2n) is 3.53. The van der Waals surface area contributed by atoms with E-state index in [4.69, 9.17) is 29.0 Å². The fourth-order valence-corrected chi connectivity index (χ4v) is 2.93. The lowest BCUT2D eigenvalue weighted by atomic mass is 10.0. The molecule has 0 saturated heterocycles. The molecule has 3 nitrogen and oxygen atoms in total. The Morgan fingerprint density at radius 2 is 2.06 bits per heavy atom. The van der Waals surface area contributed by atoms with Gasteiger partial charge in [0.25, 0.3) is 0 Å². The summed E-state index contributed by atoms with van der Waals surface area (Å²) in [7, 11) is 0. The Morgan fingerprint density at radius 1 is 1.35 bits per heavy atom. The Kier molecular flexibility index (Phi) is 4.36. The van der Waals surface area contributed by atoms with Crippen molar-refractivity contribution in [3.8, 4) is 0 Å². The molecule has 2 rings (SSSR count). The van der Waals surface area contributed by atoms with Crippen LogP contribution in [0.3, 0.4) is 0 Å². The number of hydrogen-bond donors (Lipinski definition) is 2. The van der Waals surface area contributed by atoms with Crippen molar-refractivity contribution in [3.05, 3.63) is 50.4 Å². The van der Waals surface area contributed by atoms with Crippen LogP contribution < -0.4 is 11.3 Å². The number of rotatable bonds is 4. The van der Waals surface area contributed by atoms with E-state index in [1.165, 1.54) is 0 Å². The number of benzene rings is 1. The molecule has 6 heteroatoms. The lowest BCUT2D eigenvalue weighted by molar-refractivity contribution is 0.555. The summed E-state index contributed by atoms with van der Waals surface area (Å²) in [5.41, 5.74) is 5.36. The van der Waals surface area contributed by atoms with E-state index < -0.39 is 0 Å². The Bertz CT molecular complexity index is 467. The van der Waals surface area contributed by atoms with Crippen LogP contribution in [0.2, 0.25) is 10.0 Å². The monoisotopic (exact) mass is 287 g/mol. The highest BCUT2D eigenvalue weighted by Crippen LogP contribution is 2.32. The minimum atomic E-state index is -0.114. The third-order valence-electron chi connectivity index (χ3n) is 2.44. The van der Waals surface area contributed by atoms with Crippen LogP contribution in [0.4, 0.5) is 0 Å². The van der Waals surface area contributed by atoms with Crippen LogP contribution in [0.5, 0.6) is 0 Å². The van der Waals surface area contributed by atoms with Crippen LogP contribution in [0.1, 0.15) is 16.5 Å². The molecule has 0 bridgehead atoms. The molecule has 0 aliphatic carbocycles. The standard InChI is InChI=1S/C11H11Cl2N3S/c12-8-2-1-3-9(13)11(8)10(16-14)4-7-5-15-6-17-7/h1-3,5-6,10,16H,4,14H2. The summed E-state index contributed by atoms with van der Waals surface area (Å²) in [4.78, 5) is 5.16. The number of nitrogens with one attached hydrogen (secondary N) is 1. The Labute approximate surface area is 114 Å². The van der Waals surface area contributed by atoms with E-state index in [2.05, 4.69) is 10.4 Å². The van der Waals surface area contributed by atoms with Crippen molar-refractivity contribution in [1.29, 1.82) is 0 Å². The normalized spacial score (nSPS) is 12.6. The second-order valence-corrected chi connectivity index (χ2v) is 5.31. The van der Waals surface area contributed by atoms with E-state index in [9.17, 15) is 0 Å². The maximum Gasteiger partial charge on any atom is 0.0794 e. The molecule has 1 aromatic carbocycles. The van der Waals surface area contributed by atoms with E-state index in [1.54, 1.807) is 29.0 Å². The summed E-state index contributed by atoms with van der Waals surface area (Å²) in [6, 6.07) is 5.31. The van der Waals surface area contributed by atoms with E-state index in [0.29, 0.717) is 16.5 Å². The molecule has 0 spiro atoms. The maximum absolute atomic E-state index is 6.15. The third-order valence-corrected chi connectivity index (χ3v) is 3.90. The molecule has 0 saturated carbocycles. The summed E-state index contributed by atoms with van der Waals surface area (Å²) in [6.07, 6.45) is 2.53. The first kappa shape index (κ1) is 12.8. The van der Waals surface area contributed by atoms with E-state index in [1.807, 2.05) is 12.3 Å². The first-order chi connectivity index (χ1) is 8.22. The molecule has 0 radical (unpaired) electrons. The summed E-state index contributed by atoms with van der Waals surface area (Å²) >= 11 is 13.9. The molecule has 1 atom stereocenters. The van der Waals surface area contributed by atoms with Gasteiger partial charge >= 0.3 is 0 Å². The lowest BCUT2D eigenvalue weighted by Crippen LogP contribution is -2.29. The molecule has 1 aromatic heterocycles. The molecule has 0 aliphatic heterocycles. The second kappa shape index (κ2) is 5.80. The number of hydrazine groups is 1. The molecule has 1 heterocycles. The number of nitrogens with zero attached hydrogens (tertiary/aromatic N) is 1. The van der Waals surface area contributed by atoms with Gasteiger partial charge in [0.05, 0.1) is 11.6 Å². The van der Waals surface area contributed by atoms with Gasteiger partial charge in [0.1, 0.15) is 0 Å². The van der Waals surface area contributed by atoms with Crippen molar-refractivity contribution in [1.82, 2.24) is 10.4 Å². The van der Waals surface area contributed by atoms with Crippen molar-refractivity contribution in [2.24, 2.45) is 5.84 Å².